The summed E-state index contributed by atoms with van der Waals surface area (Å²) < 4.78 is 0. The molecule has 3 N–H and O–H groups in total. The first kappa shape index (κ1) is 15.0. The molecule has 0 bridgehead atoms. The van der Waals surface area contributed by atoms with Gasteiger partial charge in [0.1, 0.15) is 0 Å². The topological polar surface area (TPSA) is 78.4 Å². The molecule has 1 aromatic rings. The van der Waals surface area contributed by atoms with Crippen LogP contribution in [0.15, 0.2) is 18.2 Å². The van der Waals surface area contributed by atoms with Crippen LogP contribution >= 0.6 is 0 Å². The Kier molecular flexibility index (Phi) is 4.53. The molecule has 0 spiro atoms. The average Bonchev–Trinajstić information content (AvgIpc) is 2.31. The van der Waals surface area contributed by atoms with Crippen LogP contribution in [0.5, 0.6) is 0 Å². The normalized spacial score (nSPS) is 10.9. The van der Waals surface area contributed by atoms with Crippen LogP contribution in [0.2, 0.25) is 0 Å². The summed E-state index contributed by atoms with van der Waals surface area (Å²) in [5.41, 5.74) is 1.94. The maximum Gasteiger partial charge on any atom is 0.319 e. The van der Waals surface area contributed by atoms with Gasteiger partial charge in [-0.1, -0.05) is 6.07 Å². The smallest absolute Gasteiger partial charge is 0.319 e. The fraction of sp³-hybridized carbons (Fsp3) is 0.429. The number of rotatable bonds is 4. The average molecular weight is 264 g/mol. The number of aryl methyl sites for hydroxylation is 2. The van der Waals surface area contributed by atoms with Crippen LogP contribution < -0.4 is 10.6 Å². The van der Waals surface area contributed by atoms with Gasteiger partial charge >= 0.3 is 12.0 Å². The third kappa shape index (κ3) is 4.28. The van der Waals surface area contributed by atoms with Crippen LogP contribution in [0.25, 0.3) is 0 Å². The second kappa shape index (κ2) is 5.73. The standard InChI is InChI=1S/C14H20N2O3/c1-9-5-6-11(7-10(9)2)16-13(19)15-8-14(3,4)12(17)18/h5-7H,8H2,1-4H3,(H,17,18)(H2,15,16,19). The number of aliphatic carboxylic acids is 1. The lowest BCUT2D eigenvalue weighted by Gasteiger charge is -2.19. The van der Waals surface area contributed by atoms with Crippen molar-refractivity contribution >= 4 is 17.7 Å². The monoisotopic (exact) mass is 264 g/mol. The summed E-state index contributed by atoms with van der Waals surface area (Å²) in [6, 6.07) is 5.20. The van der Waals surface area contributed by atoms with E-state index in [1.165, 1.54) is 0 Å². The predicted octanol–water partition coefficient (Wildman–Crippen LogP) is 2.54. The third-order valence-electron chi connectivity index (χ3n) is 3.03. The quantitative estimate of drug-likeness (QED) is 0.782. The first-order chi connectivity index (χ1) is 8.72. The van der Waals surface area contributed by atoms with Gasteiger partial charge in [0, 0.05) is 12.2 Å². The van der Waals surface area contributed by atoms with Crippen molar-refractivity contribution in [2.24, 2.45) is 5.41 Å². The van der Waals surface area contributed by atoms with Crippen LogP contribution in [0, 0.1) is 19.3 Å². The summed E-state index contributed by atoms with van der Waals surface area (Å²) in [6.07, 6.45) is 0. The van der Waals surface area contributed by atoms with Gasteiger partial charge in [-0.25, -0.2) is 4.79 Å². The molecular weight excluding hydrogens is 244 g/mol. The summed E-state index contributed by atoms with van der Waals surface area (Å²) in [7, 11) is 0. The highest BCUT2D eigenvalue weighted by Gasteiger charge is 2.27. The Bertz CT molecular complexity index is 495. The van der Waals surface area contributed by atoms with Crippen LogP contribution in [-0.2, 0) is 4.79 Å². The number of carboxylic acids is 1. The summed E-state index contributed by atoms with van der Waals surface area (Å²) in [5, 5.41) is 14.2. The lowest BCUT2D eigenvalue weighted by molar-refractivity contribution is -0.146. The Hall–Kier alpha value is -2.04. The number of carboxylic acid groups (broad SMARTS) is 1. The molecule has 0 saturated carbocycles. The maximum absolute atomic E-state index is 11.7. The molecule has 2 amide bonds. The van der Waals surface area contributed by atoms with Gasteiger partial charge in [0.25, 0.3) is 0 Å². The Morgan fingerprint density at radius 3 is 2.37 bits per heavy atom. The molecule has 0 aliphatic rings. The fourth-order valence-electron chi connectivity index (χ4n) is 1.37. The van der Waals surface area contributed by atoms with Crippen molar-refractivity contribution in [2.75, 3.05) is 11.9 Å². The molecule has 0 atom stereocenters. The van der Waals surface area contributed by atoms with Gasteiger partial charge in [0.15, 0.2) is 0 Å². The molecule has 19 heavy (non-hydrogen) atoms. The summed E-state index contributed by atoms with van der Waals surface area (Å²) in [6.45, 7) is 7.15. The van der Waals surface area contributed by atoms with Gasteiger partial charge in [-0.15, -0.1) is 0 Å². The van der Waals surface area contributed by atoms with E-state index in [1.807, 2.05) is 32.0 Å². The van der Waals surface area contributed by atoms with E-state index in [-0.39, 0.29) is 6.54 Å². The number of urea groups is 1. The van der Waals surface area contributed by atoms with E-state index >= 15 is 0 Å². The number of carbonyl (C=O) groups excluding carboxylic acids is 1. The zero-order chi connectivity index (χ0) is 14.6. The van der Waals surface area contributed by atoms with Crippen molar-refractivity contribution in [3.63, 3.8) is 0 Å². The van der Waals surface area contributed by atoms with Crippen molar-refractivity contribution in [2.45, 2.75) is 27.7 Å². The highest BCUT2D eigenvalue weighted by atomic mass is 16.4. The zero-order valence-corrected chi connectivity index (χ0v) is 11.7. The molecule has 104 valence electrons. The lowest BCUT2D eigenvalue weighted by atomic mass is 9.94. The van der Waals surface area contributed by atoms with Gasteiger partial charge in [0.2, 0.25) is 0 Å². The molecule has 0 saturated heterocycles. The Balaban J connectivity index is 2.56. The largest absolute Gasteiger partial charge is 0.481 e. The molecule has 0 heterocycles. The molecule has 0 aliphatic carbocycles. The van der Waals surface area contributed by atoms with Gasteiger partial charge in [-0.3, -0.25) is 4.79 Å². The SMILES string of the molecule is Cc1ccc(NC(=O)NCC(C)(C)C(=O)O)cc1C. The minimum absolute atomic E-state index is 0.0685. The number of benzene rings is 1. The summed E-state index contributed by atoms with van der Waals surface area (Å²) >= 11 is 0. The molecule has 0 unspecified atom stereocenters. The molecule has 5 nitrogen and oxygen atoms in total. The minimum Gasteiger partial charge on any atom is -0.481 e. The lowest BCUT2D eigenvalue weighted by Crippen LogP contribution is -2.40. The van der Waals surface area contributed by atoms with E-state index in [1.54, 1.807) is 13.8 Å². The van der Waals surface area contributed by atoms with Gasteiger partial charge in [-0.05, 0) is 51.0 Å². The molecule has 0 aromatic heterocycles. The molecular formula is C14H20N2O3. The van der Waals surface area contributed by atoms with Crippen molar-refractivity contribution in [3.05, 3.63) is 29.3 Å². The van der Waals surface area contributed by atoms with Gasteiger partial charge in [0.05, 0.1) is 5.41 Å². The molecule has 1 aromatic carbocycles. The molecule has 1 rings (SSSR count). The van der Waals surface area contributed by atoms with Crippen molar-refractivity contribution in [1.29, 1.82) is 0 Å². The maximum atomic E-state index is 11.7. The van der Waals surface area contributed by atoms with Crippen molar-refractivity contribution in [1.82, 2.24) is 5.32 Å². The van der Waals surface area contributed by atoms with Gasteiger partial charge < -0.3 is 15.7 Å². The van der Waals surface area contributed by atoms with Crippen LogP contribution in [0.3, 0.4) is 0 Å². The first-order valence-electron chi connectivity index (χ1n) is 6.08. The van der Waals surface area contributed by atoms with Gasteiger partial charge in [-0.2, -0.15) is 0 Å². The Labute approximate surface area is 113 Å². The number of amides is 2. The zero-order valence-electron chi connectivity index (χ0n) is 11.7. The molecule has 0 radical (unpaired) electrons. The molecule has 5 heteroatoms. The van der Waals surface area contributed by atoms with E-state index < -0.39 is 17.4 Å². The Morgan fingerprint density at radius 1 is 1.21 bits per heavy atom. The van der Waals surface area contributed by atoms with E-state index in [2.05, 4.69) is 10.6 Å². The third-order valence-corrected chi connectivity index (χ3v) is 3.03. The number of anilines is 1. The minimum atomic E-state index is -0.986. The van der Waals surface area contributed by atoms with E-state index in [9.17, 15) is 9.59 Å². The number of hydrogen-bond donors (Lipinski definition) is 3. The molecule has 0 fully saturated rings. The summed E-state index contributed by atoms with van der Waals surface area (Å²) in [5.74, 6) is -0.945. The predicted molar refractivity (Wildman–Crippen MR) is 74.4 cm³/mol. The number of hydrogen-bond acceptors (Lipinski definition) is 2. The molecule has 0 aliphatic heterocycles. The first-order valence-corrected chi connectivity index (χ1v) is 6.08. The summed E-state index contributed by atoms with van der Waals surface area (Å²) in [4.78, 5) is 22.6. The fourth-order valence-corrected chi connectivity index (χ4v) is 1.37. The van der Waals surface area contributed by atoms with Crippen LogP contribution in [0.1, 0.15) is 25.0 Å². The number of carbonyl (C=O) groups is 2. The van der Waals surface area contributed by atoms with E-state index in [0.29, 0.717) is 5.69 Å². The number of nitrogens with one attached hydrogen (secondary N) is 2. The second-order valence-electron chi connectivity index (χ2n) is 5.30. The van der Waals surface area contributed by atoms with E-state index in [4.69, 9.17) is 5.11 Å². The second-order valence-corrected chi connectivity index (χ2v) is 5.30. The Morgan fingerprint density at radius 2 is 1.84 bits per heavy atom. The highest BCUT2D eigenvalue weighted by molar-refractivity contribution is 5.89. The van der Waals surface area contributed by atoms with Crippen LogP contribution in [-0.4, -0.2) is 23.7 Å². The van der Waals surface area contributed by atoms with Crippen molar-refractivity contribution in [3.8, 4) is 0 Å². The van der Waals surface area contributed by atoms with E-state index in [0.717, 1.165) is 11.1 Å². The van der Waals surface area contributed by atoms with Crippen molar-refractivity contribution < 1.29 is 14.7 Å². The van der Waals surface area contributed by atoms with Crippen LogP contribution in [0.4, 0.5) is 10.5 Å². The highest BCUT2D eigenvalue weighted by Crippen LogP contribution is 2.15.